The van der Waals surface area contributed by atoms with Crippen LogP contribution >= 0.6 is 23.7 Å². The lowest BCUT2D eigenvalue weighted by atomic mass is 10.1. The molecular formula is C13H16ClN5OS. The first kappa shape index (κ1) is 15.7. The molecule has 0 amide bonds. The number of hydrogen-bond donors (Lipinski definition) is 3. The maximum Gasteiger partial charge on any atom is 0.268 e. The lowest BCUT2D eigenvalue weighted by Crippen LogP contribution is -2.23. The number of thiophene rings is 1. The number of nitrogens with zero attached hydrogens (tertiary/aromatic N) is 2. The van der Waals surface area contributed by atoms with Gasteiger partial charge in [-0.15, -0.1) is 23.7 Å². The smallest absolute Gasteiger partial charge is 0.268 e. The van der Waals surface area contributed by atoms with Crippen molar-refractivity contribution in [1.29, 1.82) is 0 Å². The zero-order valence-electron chi connectivity index (χ0n) is 11.6. The number of aromatic nitrogens is 4. The van der Waals surface area contributed by atoms with Gasteiger partial charge in [-0.25, -0.2) is 9.97 Å². The monoisotopic (exact) mass is 325 g/mol. The second-order valence-corrected chi connectivity index (χ2v) is 6.05. The Bertz CT molecular complexity index is 793. The Morgan fingerprint density at radius 2 is 2.14 bits per heavy atom. The highest BCUT2D eigenvalue weighted by Gasteiger charge is 2.16. The Kier molecular flexibility index (Phi) is 4.46. The Labute approximate surface area is 131 Å². The van der Waals surface area contributed by atoms with Gasteiger partial charge in [-0.05, 0) is 12.0 Å². The van der Waals surface area contributed by atoms with E-state index in [0.717, 1.165) is 10.6 Å². The Balaban J connectivity index is 0.00000161. The second kappa shape index (κ2) is 5.97. The van der Waals surface area contributed by atoms with Crippen molar-refractivity contribution in [2.24, 2.45) is 11.7 Å². The molecule has 3 aromatic heterocycles. The zero-order valence-corrected chi connectivity index (χ0v) is 13.2. The van der Waals surface area contributed by atoms with Crippen LogP contribution in [-0.4, -0.2) is 19.9 Å². The van der Waals surface area contributed by atoms with Crippen molar-refractivity contribution in [3.8, 4) is 10.6 Å². The standard InChI is InChI=1S/C13H15N5OS.ClH/c1-6(2)10(14)12-17-7-3-9(8-4-15-5-16-8)20-11(7)13(19)18-12;/h3-6,10H,14H2,1-2H3,(H,15,16)(H,17,18,19);1H/t10-;/m0./s1. The number of aromatic amines is 2. The molecule has 3 aromatic rings. The van der Waals surface area contributed by atoms with Gasteiger partial charge in [0.1, 0.15) is 10.5 Å². The van der Waals surface area contributed by atoms with E-state index in [1.807, 2.05) is 19.9 Å². The maximum absolute atomic E-state index is 12.1. The van der Waals surface area contributed by atoms with Gasteiger partial charge >= 0.3 is 0 Å². The van der Waals surface area contributed by atoms with Crippen molar-refractivity contribution >= 4 is 34.0 Å². The predicted molar refractivity (Wildman–Crippen MR) is 86.8 cm³/mol. The third-order valence-corrected chi connectivity index (χ3v) is 4.33. The number of imidazole rings is 1. The fourth-order valence-electron chi connectivity index (χ4n) is 1.95. The number of H-pyrrole nitrogens is 2. The molecule has 6 nitrogen and oxygen atoms in total. The molecule has 0 fully saturated rings. The molecule has 1 atom stereocenters. The van der Waals surface area contributed by atoms with Gasteiger partial charge in [0.05, 0.1) is 28.5 Å². The molecule has 0 bridgehead atoms. The molecule has 4 N–H and O–H groups in total. The van der Waals surface area contributed by atoms with Crippen LogP contribution in [0.2, 0.25) is 0 Å². The highest BCUT2D eigenvalue weighted by Crippen LogP contribution is 2.29. The number of nitrogens with two attached hydrogens (primary N) is 1. The summed E-state index contributed by atoms with van der Waals surface area (Å²) in [6, 6.07) is 1.60. The predicted octanol–water partition coefficient (Wildman–Crippen LogP) is 2.45. The number of nitrogens with one attached hydrogen (secondary N) is 2. The fourth-order valence-corrected chi connectivity index (χ4v) is 2.91. The molecule has 0 aliphatic rings. The summed E-state index contributed by atoms with van der Waals surface area (Å²) < 4.78 is 0.600. The van der Waals surface area contributed by atoms with E-state index in [0.29, 0.717) is 16.0 Å². The van der Waals surface area contributed by atoms with Crippen molar-refractivity contribution in [3.63, 3.8) is 0 Å². The molecule has 0 aromatic carbocycles. The zero-order chi connectivity index (χ0) is 14.3. The van der Waals surface area contributed by atoms with Crippen molar-refractivity contribution < 1.29 is 0 Å². The van der Waals surface area contributed by atoms with E-state index in [9.17, 15) is 4.79 Å². The SMILES string of the molecule is CC(C)[C@H](N)c1nc2cc(-c3c[nH]cn3)sc2c(=O)[nH]1.Cl. The highest BCUT2D eigenvalue weighted by atomic mass is 35.5. The van der Waals surface area contributed by atoms with Crippen LogP contribution in [0.1, 0.15) is 25.7 Å². The molecule has 0 aliphatic carbocycles. The van der Waals surface area contributed by atoms with Gasteiger partial charge in [-0.1, -0.05) is 13.8 Å². The largest absolute Gasteiger partial charge is 0.351 e. The van der Waals surface area contributed by atoms with Crippen LogP contribution in [0.25, 0.3) is 20.8 Å². The molecule has 21 heavy (non-hydrogen) atoms. The second-order valence-electron chi connectivity index (χ2n) is 5.00. The van der Waals surface area contributed by atoms with Crippen molar-refractivity contribution in [1.82, 2.24) is 19.9 Å². The van der Waals surface area contributed by atoms with Crippen LogP contribution in [0.3, 0.4) is 0 Å². The van der Waals surface area contributed by atoms with Gasteiger partial charge in [-0.3, -0.25) is 4.79 Å². The van der Waals surface area contributed by atoms with E-state index in [2.05, 4.69) is 19.9 Å². The molecule has 3 heterocycles. The van der Waals surface area contributed by atoms with E-state index >= 15 is 0 Å². The highest BCUT2D eigenvalue weighted by molar-refractivity contribution is 7.22. The summed E-state index contributed by atoms with van der Waals surface area (Å²) in [6.45, 7) is 4.00. The molecule has 0 saturated heterocycles. The van der Waals surface area contributed by atoms with Gasteiger partial charge in [-0.2, -0.15) is 0 Å². The topological polar surface area (TPSA) is 100 Å². The number of hydrogen-bond acceptors (Lipinski definition) is 5. The Hall–Kier alpha value is -1.70. The van der Waals surface area contributed by atoms with Crippen LogP contribution in [0.15, 0.2) is 23.4 Å². The quantitative estimate of drug-likeness (QED) is 0.688. The van der Waals surface area contributed by atoms with Crippen LogP contribution in [0.5, 0.6) is 0 Å². The van der Waals surface area contributed by atoms with Gasteiger partial charge in [0, 0.05) is 6.20 Å². The number of fused-ring (bicyclic) bond motifs is 1. The van der Waals surface area contributed by atoms with Gasteiger partial charge in [0.15, 0.2) is 0 Å². The van der Waals surface area contributed by atoms with Gasteiger partial charge in [0.25, 0.3) is 5.56 Å². The third-order valence-electron chi connectivity index (χ3n) is 3.19. The summed E-state index contributed by atoms with van der Waals surface area (Å²) in [7, 11) is 0. The van der Waals surface area contributed by atoms with Crippen LogP contribution in [-0.2, 0) is 0 Å². The lowest BCUT2D eigenvalue weighted by Gasteiger charge is -2.13. The van der Waals surface area contributed by atoms with Gasteiger partial charge in [0.2, 0.25) is 0 Å². The summed E-state index contributed by atoms with van der Waals surface area (Å²) in [5, 5.41) is 0. The minimum absolute atomic E-state index is 0. The molecule has 0 unspecified atom stereocenters. The van der Waals surface area contributed by atoms with Crippen molar-refractivity contribution in [2.45, 2.75) is 19.9 Å². The fraction of sp³-hybridized carbons (Fsp3) is 0.308. The van der Waals surface area contributed by atoms with Crippen LogP contribution < -0.4 is 11.3 Å². The first-order valence-corrected chi connectivity index (χ1v) is 7.16. The molecule has 112 valence electrons. The molecule has 0 spiro atoms. The molecule has 0 radical (unpaired) electrons. The normalized spacial score (nSPS) is 12.6. The number of halogens is 1. The molecule has 0 aliphatic heterocycles. The van der Waals surface area contributed by atoms with E-state index in [-0.39, 0.29) is 29.9 Å². The summed E-state index contributed by atoms with van der Waals surface area (Å²) in [5.41, 5.74) is 7.38. The van der Waals surface area contributed by atoms with Crippen molar-refractivity contribution in [3.05, 3.63) is 34.8 Å². The Morgan fingerprint density at radius 3 is 2.76 bits per heavy atom. The van der Waals surface area contributed by atoms with Crippen LogP contribution in [0, 0.1) is 5.92 Å². The van der Waals surface area contributed by atoms with E-state index in [1.54, 1.807) is 12.5 Å². The Morgan fingerprint density at radius 1 is 1.38 bits per heavy atom. The van der Waals surface area contributed by atoms with Gasteiger partial charge < -0.3 is 15.7 Å². The lowest BCUT2D eigenvalue weighted by molar-refractivity contribution is 0.491. The third kappa shape index (κ3) is 2.85. The first-order valence-electron chi connectivity index (χ1n) is 6.34. The summed E-state index contributed by atoms with van der Waals surface area (Å²) >= 11 is 1.38. The molecular weight excluding hydrogens is 310 g/mol. The molecule has 0 saturated carbocycles. The molecule has 3 rings (SSSR count). The van der Waals surface area contributed by atoms with E-state index < -0.39 is 0 Å². The molecule has 8 heteroatoms. The minimum atomic E-state index is -0.277. The summed E-state index contributed by atoms with van der Waals surface area (Å²) in [4.78, 5) is 27.4. The average Bonchev–Trinajstić information content (AvgIpc) is 3.05. The number of rotatable bonds is 3. The first-order chi connectivity index (χ1) is 9.56. The maximum atomic E-state index is 12.1. The van der Waals surface area contributed by atoms with Crippen molar-refractivity contribution in [2.75, 3.05) is 0 Å². The summed E-state index contributed by atoms with van der Waals surface area (Å²) in [5.74, 6) is 0.740. The van der Waals surface area contributed by atoms with Crippen LogP contribution in [0.4, 0.5) is 0 Å². The van der Waals surface area contributed by atoms with E-state index in [4.69, 9.17) is 5.73 Å². The average molecular weight is 326 g/mol. The minimum Gasteiger partial charge on any atom is -0.351 e. The van der Waals surface area contributed by atoms with E-state index in [1.165, 1.54) is 11.3 Å². The summed E-state index contributed by atoms with van der Waals surface area (Å²) in [6.07, 6.45) is 3.40.